The highest BCUT2D eigenvalue weighted by atomic mass is 16.3. The molecule has 2 nitrogen and oxygen atoms in total. The maximum Gasteiger partial charge on any atom is 0.135 e. The van der Waals surface area contributed by atoms with E-state index in [0.29, 0.717) is 18.6 Å². The van der Waals surface area contributed by atoms with Crippen LogP contribution in [-0.4, -0.2) is 17.0 Å². The zero-order chi connectivity index (χ0) is 13.4. The maximum absolute atomic E-state index is 11.4. The molecule has 0 amide bonds. The molecule has 0 bridgehead atoms. The van der Waals surface area contributed by atoms with Crippen LogP contribution in [0.2, 0.25) is 0 Å². The quantitative estimate of drug-likeness (QED) is 0.716. The van der Waals surface area contributed by atoms with Gasteiger partial charge in [0.05, 0.1) is 6.10 Å². The Kier molecular flexibility index (Phi) is 6.66. The summed E-state index contributed by atoms with van der Waals surface area (Å²) >= 11 is 0. The predicted molar refractivity (Wildman–Crippen MR) is 74.5 cm³/mol. The van der Waals surface area contributed by atoms with Gasteiger partial charge in [-0.25, -0.2) is 0 Å². The van der Waals surface area contributed by atoms with Gasteiger partial charge < -0.3 is 5.11 Å². The highest BCUT2D eigenvalue weighted by Gasteiger charge is 2.08. The average Bonchev–Trinajstić information content (AvgIpc) is 2.35. The third-order valence-electron chi connectivity index (χ3n) is 3.17. The molecule has 0 aliphatic carbocycles. The van der Waals surface area contributed by atoms with Gasteiger partial charge in [-0.3, -0.25) is 4.79 Å². The van der Waals surface area contributed by atoms with E-state index < -0.39 is 0 Å². The number of carbonyl (C=O) groups is 1. The first kappa shape index (κ1) is 14.9. The lowest BCUT2D eigenvalue weighted by Gasteiger charge is -2.10. The Morgan fingerprint density at radius 2 is 1.83 bits per heavy atom. The molecule has 100 valence electrons. The van der Waals surface area contributed by atoms with E-state index >= 15 is 0 Å². The Labute approximate surface area is 110 Å². The monoisotopic (exact) mass is 248 g/mol. The van der Waals surface area contributed by atoms with Crippen molar-refractivity contribution in [1.82, 2.24) is 0 Å². The van der Waals surface area contributed by atoms with Gasteiger partial charge in [0.15, 0.2) is 0 Å². The number of hydrogen-bond donors (Lipinski definition) is 1. The highest BCUT2D eigenvalue weighted by Crippen LogP contribution is 2.11. The van der Waals surface area contributed by atoms with Gasteiger partial charge in [-0.2, -0.15) is 0 Å². The van der Waals surface area contributed by atoms with Crippen LogP contribution in [0.1, 0.15) is 45.1 Å². The van der Waals surface area contributed by atoms with Crippen LogP contribution in [0.3, 0.4) is 0 Å². The van der Waals surface area contributed by atoms with Crippen molar-refractivity contribution in [2.24, 2.45) is 5.92 Å². The van der Waals surface area contributed by atoms with Crippen LogP contribution in [0, 0.1) is 5.92 Å². The van der Waals surface area contributed by atoms with Gasteiger partial charge in [-0.1, -0.05) is 50.6 Å². The van der Waals surface area contributed by atoms with Crippen molar-refractivity contribution in [3.8, 4) is 0 Å². The van der Waals surface area contributed by atoms with Crippen LogP contribution >= 0.6 is 0 Å². The first-order chi connectivity index (χ1) is 8.59. The summed E-state index contributed by atoms with van der Waals surface area (Å²) in [6.45, 7) is 3.87. The summed E-state index contributed by atoms with van der Waals surface area (Å²) in [7, 11) is 0. The maximum atomic E-state index is 11.4. The highest BCUT2D eigenvalue weighted by molar-refractivity contribution is 5.80. The summed E-state index contributed by atoms with van der Waals surface area (Å²) in [6.07, 6.45) is 3.66. The van der Waals surface area contributed by atoms with Crippen molar-refractivity contribution in [1.29, 1.82) is 0 Å². The third kappa shape index (κ3) is 5.97. The first-order valence-electron chi connectivity index (χ1n) is 6.84. The van der Waals surface area contributed by atoms with Crippen LogP contribution in [-0.2, 0) is 11.2 Å². The van der Waals surface area contributed by atoms with Crippen molar-refractivity contribution in [3.63, 3.8) is 0 Å². The largest absolute Gasteiger partial charge is 0.393 e. The van der Waals surface area contributed by atoms with Crippen molar-refractivity contribution in [2.45, 2.75) is 52.1 Å². The SMILES string of the molecule is CC(C)C(=O)CCCCC(O)Cc1ccccc1. The fourth-order valence-electron chi connectivity index (χ4n) is 1.96. The summed E-state index contributed by atoms with van der Waals surface area (Å²) in [5, 5.41) is 9.89. The molecule has 1 rings (SSSR count). The number of hydrogen-bond acceptors (Lipinski definition) is 2. The van der Waals surface area contributed by atoms with Crippen LogP contribution < -0.4 is 0 Å². The van der Waals surface area contributed by atoms with Gasteiger partial charge in [0.25, 0.3) is 0 Å². The molecule has 0 fully saturated rings. The minimum atomic E-state index is -0.290. The van der Waals surface area contributed by atoms with Crippen molar-refractivity contribution in [2.75, 3.05) is 0 Å². The molecule has 0 heterocycles. The molecule has 0 radical (unpaired) electrons. The zero-order valence-electron chi connectivity index (χ0n) is 11.4. The van der Waals surface area contributed by atoms with Crippen LogP contribution in [0.4, 0.5) is 0 Å². The van der Waals surface area contributed by atoms with Gasteiger partial charge in [0.2, 0.25) is 0 Å². The molecule has 0 aliphatic rings. The number of aliphatic hydroxyl groups is 1. The lowest BCUT2D eigenvalue weighted by atomic mass is 9.99. The molecule has 0 saturated heterocycles. The van der Waals surface area contributed by atoms with E-state index in [1.165, 1.54) is 5.56 Å². The lowest BCUT2D eigenvalue weighted by molar-refractivity contribution is -0.122. The predicted octanol–water partition coefficient (Wildman–Crippen LogP) is 3.38. The second kappa shape index (κ2) is 8.04. The second-order valence-electron chi connectivity index (χ2n) is 5.21. The van der Waals surface area contributed by atoms with Crippen molar-refractivity contribution >= 4 is 5.78 Å². The number of benzene rings is 1. The summed E-state index contributed by atoms with van der Waals surface area (Å²) in [6, 6.07) is 10.0. The average molecular weight is 248 g/mol. The Bertz CT molecular complexity index is 343. The molecule has 0 saturated carbocycles. The van der Waals surface area contributed by atoms with E-state index in [-0.39, 0.29) is 12.0 Å². The van der Waals surface area contributed by atoms with E-state index in [1.54, 1.807) is 0 Å². The topological polar surface area (TPSA) is 37.3 Å². The summed E-state index contributed by atoms with van der Waals surface area (Å²) in [5.74, 6) is 0.465. The number of unbranched alkanes of at least 4 members (excludes halogenated alkanes) is 1. The first-order valence-corrected chi connectivity index (χ1v) is 6.84. The molecule has 1 aromatic rings. The molecular weight excluding hydrogens is 224 g/mol. The lowest BCUT2D eigenvalue weighted by Crippen LogP contribution is -2.11. The van der Waals surface area contributed by atoms with Crippen LogP contribution in [0.15, 0.2) is 30.3 Å². The second-order valence-corrected chi connectivity index (χ2v) is 5.21. The number of carbonyl (C=O) groups excluding carboxylic acids is 1. The Balaban J connectivity index is 2.14. The summed E-state index contributed by atoms with van der Waals surface area (Å²) in [5.41, 5.74) is 1.17. The number of rotatable bonds is 8. The van der Waals surface area contributed by atoms with Crippen molar-refractivity contribution < 1.29 is 9.90 Å². The normalized spacial score (nSPS) is 12.7. The van der Waals surface area contributed by atoms with E-state index in [0.717, 1.165) is 19.3 Å². The number of aliphatic hydroxyl groups excluding tert-OH is 1. The van der Waals surface area contributed by atoms with E-state index in [4.69, 9.17) is 0 Å². The third-order valence-corrected chi connectivity index (χ3v) is 3.17. The molecule has 0 aromatic heterocycles. The van der Waals surface area contributed by atoms with Gasteiger partial charge in [0, 0.05) is 12.3 Å². The molecule has 1 atom stereocenters. The Hall–Kier alpha value is -1.15. The molecule has 1 unspecified atom stereocenters. The number of Topliss-reactive ketones (excluding diaryl/α,β-unsaturated/α-hetero) is 1. The fraction of sp³-hybridized carbons (Fsp3) is 0.562. The molecule has 18 heavy (non-hydrogen) atoms. The Morgan fingerprint density at radius 3 is 2.44 bits per heavy atom. The molecule has 0 aliphatic heterocycles. The van der Waals surface area contributed by atoms with Gasteiger partial charge in [0.1, 0.15) is 5.78 Å². The van der Waals surface area contributed by atoms with Crippen molar-refractivity contribution in [3.05, 3.63) is 35.9 Å². The smallest absolute Gasteiger partial charge is 0.135 e. The zero-order valence-corrected chi connectivity index (χ0v) is 11.4. The van der Waals surface area contributed by atoms with Crippen LogP contribution in [0.25, 0.3) is 0 Å². The van der Waals surface area contributed by atoms with E-state index in [1.807, 2.05) is 44.2 Å². The summed E-state index contributed by atoms with van der Waals surface area (Å²) < 4.78 is 0. The minimum absolute atomic E-state index is 0.138. The molecule has 2 heteroatoms. The van der Waals surface area contributed by atoms with Gasteiger partial charge in [-0.15, -0.1) is 0 Å². The van der Waals surface area contributed by atoms with Crippen LogP contribution in [0.5, 0.6) is 0 Å². The minimum Gasteiger partial charge on any atom is -0.393 e. The standard InChI is InChI=1S/C16H24O2/c1-13(2)16(18)11-7-6-10-15(17)12-14-8-4-3-5-9-14/h3-5,8-9,13,15,17H,6-7,10-12H2,1-2H3. The van der Waals surface area contributed by atoms with E-state index in [9.17, 15) is 9.90 Å². The molecule has 1 aromatic carbocycles. The molecule has 0 spiro atoms. The van der Waals surface area contributed by atoms with E-state index in [2.05, 4.69) is 0 Å². The summed E-state index contributed by atoms with van der Waals surface area (Å²) in [4.78, 5) is 11.4. The Morgan fingerprint density at radius 1 is 1.17 bits per heavy atom. The van der Waals surface area contributed by atoms with Gasteiger partial charge >= 0.3 is 0 Å². The molecular formula is C16H24O2. The molecule has 1 N–H and O–H groups in total. The number of ketones is 1. The van der Waals surface area contributed by atoms with Gasteiger partial charge in [-0.05, 0) is 24.8 Å². The fourth-order valence-corrected chi connectivity index (χ4v) is 1.96.